The Morgan fingerprint density at radius 1 is 1.58 bits per heavy atom. The van der Waals surface area contributed by atoms with E-state index in [-0.39, 0.29) is 5.54 Å². The molecule has 2 N–H and O–H groups in total. The second kappa shape index (κ2) is 3.29. The highest BCUT2D eigenvalue weighted by Gasteiger charge is 2.28. The number of hydrogen-bond donors (Lipinski definition) is 2. The summed E-state index contributed by atoms with van der Waals surface area (Å²) < 4.78 is 5.09. The highest BCUT2D eigenvalue weighted by atomic mass is 16.4. The van der Waals surface area contributed by atoms with Crippen molar-refractivity contribution in [2.45, 2.75) is 25.5 Å². The van der Waals surface area contributed by atoms with Crippen LogP contribution >= 0.6 is 0 Å². The van der Waals surface area contributed by atoms with E-state index in [1.165, 1.54) is 0 Å². The molecule has 1 rings (SSSR count). The third kappa shape index (κ3) is 1.68. The molecule has 1 aromatic rings. The molecule has 0 aromatic carbocycles. The minimum absolute atomic E-state index is 0.363. The lowest BCUT2D eigenvalue weighted by atomic mass is 9.96. The lowest BCUT2D eigenvalue weighted by Gasteiger charge is -2.28. The van der Waals surface area contributed by atoms with Gasteiger partial charge in [0.1, 0.15) is 11.9 Å². The fourth-order valence-electron chi connectivity index (χ4n) is 0.939. The SMILES string of the molecule is CNC(C)(C)C(O)c1ccco1. The molecule has 0 aliphatic heterocycles. The Morgan fingerprint density at radius 3 is 2.67 bits per heavy atom. The fourth-order valence-corrected chi connectivity index (χ4v) is 0.939. The number of likely N-dealkylation sites (N-methyl/N-ethyl adjacent to an activating group) is 1. The topological polar surface area (TPSA) is 45.4 Å². The van der Waals surface area contributed by atoms with Crippen LogP contribution in [0.2, 0.25) is 0 Å². The molecule has 1 unspecified atom stereocenters. The molecule has 0 radical (unpaired) electrons. The minimum Gasteiger partial charge on any atom is -0.467 e. The van der Waals surface area contributed by atoms with Gasteiger partial charge in [-0.1, -0.05) is 0 Å². The largest absolute Gasteiger partial charge is 0.467 e. The van der Waals surface area contributed by atoms with Crippen LogP contribution in [0.1, 0.15) is 25.7 Å². The van der Waals surface area contributed by atoms with Crippen LogP contribution in [0.4, 0.5) is 0 Å². The molecule has 0 saturated carbocycles. The molecule has 0 amide bonds. The Morgan fingerprint density at radius 2 is 2.25 bits per heavy atom. The monoisotopic (exact) mass is 169 g/mol. The van der Waals surface area contributed by atoms with Gasteiger partial charge in [0, 0.05) is 5.54 Å². The van der Waals surface area contributed by atoms with Gasteiger partial charge in [-0.05, 0) is 33.0 Å². The van der Waals surface area contributed by atoms with Crippen molar-refractivity contribution in [3.63, 3.8) is 0 Å². The van der Waals surface area contributed by atoms with E-state index in [0.717, 1.165) is 0 Å². The van der Waals surface area contributed by atoms with Crippen LogP contribution in [0, 0.1) is 0 Å². The van der Waals surface area contributed by atoms with Gasteiger partial charge in [-0.25, -0.2) is 0 Å². The lowest BCUT2D eigenvalue weighted by molar-refractivity contribution is 0.0654. The van der Waals surface area contributed by atoms with E-state index in [1.807, 2.05) is 20.9 Å². The van der Waals surface area contributed by atoms with Crippen molar-refractivity contribution >= 4 is 0 Å². The van der Waals surface area contributed by atoms with Crippen LogP contribution in [0.5, 0.6) is 0 Å². The summed E-state index contributed by atoms with van der Waals surface area (Å²) in [6.07, 6.45) is 0.946. The zero-order valence-corrected chi connectivity index (χ0v) is 7.66. The molecule has 1 atom stereocenters. The molecule has 0 aliphatic carbocycles. The third-order valence-electron chi connectivity index (χ3n) is 2.14. The molecule has 0 saturated heterocycles. The maximum Gasteiger partial charge on any atom is 0.134 e. The van der Waals surface area contributed by atoms with Crippen molar-refractivity contribution < 1.29 is 9.52 Å². The van der Waals surface area contributed by atoms with Gasteiger partial charge in [0.25, 0.3) is 0 Å². The van der Waals surface area contributed by atoms with Crippen LogP contribution < -0.4 is 5.32 Å². The quantitative estimate of drug-likeness (QED) is 0.717. The van der Waals surface area contributed by atoms with E-state index in [1.54, 1.807) is 18.4 Å². The highest BCUT2D eigenvalue weighted by Crippen LogP contribution is 2.24. The maximum atomic E-state index is 9.78. The summed E-state index contributed by atoms with van der Waals surface area (Å²) in [7, 11) is 1.81. The van der Waals surface area contributed by atoms with Crippen molar-refractivity contribution in [1.82, 2.24) is 5.32 Å². The van der Waals surface area contributed by atoms with Crippen LogP contribution in [0.3, 0.4) is 0 Å². The summed E-state index contributed by atoms with van der Waals surface area (Å²) >= 11 is 0. The van der Waals surface area contributed by atoms with Gasteiger partial charge >= 0.3 is 0 Å². The molecule has 12 heavy (non-hydrogen) atoms. The van der Waals surface area contributed by atoms with Gasteiger partial charge in [0.05, 0.1) is 6.26 Å². The van der Waals surface area contributed by atoms with Gasteiger partial charge in [-0.2, -0.15) is 0 Å². The molecule has 3 nitrogen and oxygen atoms in total. The molecule has 1 heterocycles. The van der Waals surface area contributed by atoms with Gasteiger partial charge in [-0.3, -0.25) is 0 Å². The lowest BCUT2D eigenvalue weighted by Crippen LogP contribution is -2.42. The first-order valence-electron chi connectivity index (χ1n) is 3.98. The third-order valence-corrected chi connectivity index (χ3v) is 2.14. The number of aliphatic hydroxyl groups is 1. The first kappa shape index (κ1) is 9.29. The van der Waals surface area contributed by atoms with Gasteiger partial charge < -0.3 is 14.8 Å². The predicted molar refractivity (Wildman–Crippen MR) is 46.8 cm³/mol. The molecular weight excluding hydrogens is 154 g/mol. The Balaban J connectivity index is 2.78. The Hall–Kier alpha value is -0.800. The van der Waals surface area contributed by atoms with Crippen LogP contribution in [-0.4, -0.2) is 17.7 Å². The highest BCUT2D eigenvalue weighted by molar-refractivity contribution is 5.07. The average Bonchev–Trinajstić information content (AvgIpc) is 2.55. The van der Waals surface area contributed by atoms with Crippen LogP contribution in [-0.2, 0) is 0 Å². The van der Waals surface area contributed by atoms with Crippen molar-refractivity contribution in [3.8, 4) is 0 Å². The van der Waals surface area contributed by atoms with Crippen molar-refractivity contribution in [3.05, 3.63) is 24.2 Å². The maximum absolute atomic E-state index is 9.78. The van der Waals surface area contributed by atoms with Crippen LogP contribution in [0.25, 0.3) is 0 Å². The van der Waals surface area contributed by atoms with Gasteiger partial charge in [0.15, 0.2) is 0 Å². The molecule has 0 fully saturated rings. The molecule has 1 aromatic heterocycles. The van der Waals surface area contributed by atoms with E-state index in [2.05, 4.69) is 5.32 Å². The number of aliphatic hydroxyl groups excluding tert-OH is 1. The summed E-state index contributed by atoms with van der Waals surface area (Å²) in [5.74, 6) is 0.592. The summed E-state index contributed by atoms with van der Waals surface area (Å²) in [4.78, 5) is 0. The fraction of sp³-hybridized carbons (Fsp3) is 0.556. The van der Waals surface area contributed by atoms with E-state index < -0.39 is 6.10 Å². The van der Waals surface area contributed by atoms with Gasteiger partial charge in [0.2, 0.25) is 0 Å². The summed E-state index contributed by atoms with van der Waals surface area (Å²) in [6.45, 7) is 3.83. The Bertz CT molecular complexity index is 229. The summed E-state index contributed by atoms with van der Waals surface area (Å²) in [5, 5.41) is 12.8. The molecular formula is C9H15NO2. The van der Waals surface area contributed by atoms with E-state index in [9.17, 15) is 5.11 Å². The second-order valence-electron chi connectivity index (χ2n) is 3.39. The average molecular weight is 169 g/mol. The Kier molecular flexibility index (Phi) is 2.55. The smallest absolute Gasteiger partial charge is 0.134 e. The van der Waals surface area contributed by atoms with Crippen molar-refractivity contribution in [2.75, 3.05) is 7.05 Å². The number of hydrogen-bond acceptors (Lipinski definition) is 3. The first-order valence-corrected chi connectivity index (χ1v) is 3.98. The summed E-state index contributed by atoms with van der Waals surface area (Å²) in [6, 6.07) is 3.54. The molecule has 3 heteroatoms. The molecule has 68 valence electrons. The first-order chi connectivity index (χ1) is 5.58. The van der Waals surface area contributed by atoms with E-state index >= 15 is 0 Å². The standard InChI is InChI=1S/C9H15NO2/c1-9(2,10-3)8(11)7-5-4-6-12-7/h4-6,8,10-11H,1-3H3. The molecule has 0 bridgehead atoms. The second-order valence-corrected chi connectivity index (χ2v) is 3.39. The van der Waals surface area contributed by atoms with E-state index in [4.69, 9.17) is 4.42 Å². The number of rotatable bonds is 3. The van der Waals surface area contributed by atoms with Crippen molar-refractivity contribution in [1.29, 1.82) is 0 Å². The summed E-state index contributed by atoms with van der Waals surface area (Å²) in [5.41, 5.74) is -0.363. The molecule has 0 aliphatic rings. The van der Waals surface area contributed by atoms with Crippen molar-refractivity contribution in [2.24, 2.45) is 0 Å². The molecule has 0 spiro atoms. The Labute approximate surface area is 72.4 Å². The van der Waals surface area contributed by atoms with Crippen LogP contribution in [0.15, 0.2) is 22.8 Å². The van der Waals surface area contributed by atoms with Gasteiger partial charge in [-0.15, -0.1) is 0 Å². The predicted octanol–water partition coefficient (Wildman–Crippen LogP) is 1.31. The minimum atomic E-state index is -0.613. The van der Waals surface area contributed by atoms with E-state index in [0.29, 0.717) is 5.76 Å². The normalized spacial score (nSPS) is 14.7. The number of nitrogens with one attached hydrogen (secondary N) is 1. The zero-order chi connectivity index (χ0) is 9.19. The number of furan rings is 1. The zero-order valence-electron chi connectivity index (χ0n) is 7.66.